The summed E-state index contributed by atoms with van der Waals surface area (Å²) in [6.45, 7) is 1.11. The van der Waals surface area contributed by atoms with Gasteiger partial charge in [0.2, 0.25) is 10.0 Å². The van der Waals surface area contributed by atoms with Crippen LogP contribution in [0.2, 0.25) is 0 Å². The fourth-order valence-electron chi connectivity index (χ4n) is 3.07. The van der Waals surface area contributed by atoms with Crippen molar-refractivity contribution in [2.75, 3.05) is 6.54 Å². The zero-order valence-electron chi connectivity index (χ0n) is 12.8. The fraction of sp³-hybridized carbons (Fsp3) is 0.176. The van der Waals surface area contributed by atoms with Crippen LogP contribution in [0.15, 0.2) is 53.4 Å². The molecular formula is C17H14N4O2S. The molecule has 3 aromatic rings. The predicted molar refractivity (Wildman–Crippen MR) is 88.5 cm³/mol. The highest BCUT2D eigenvalue weighted by molar-refractivity contribution is 7.89. The van der Waals surface area contributed by atoms with Crippen molar-refractivity contribution in [1.29, 1.82) is 5.26 Å². The lowest BCUT2D eigenvalue weighted by molar-refractivity contribution is 0.339. The molecule has 0 amide bonds. The summed E-state index contributed by atoms with van der Waals surface area (Å²) in [4.78, 5) is 4.60. The number of para-hydroxylation sites is 2. The van der Waals surface area contributed by atoms with Gasteiger partial charge >= 0.3 is 0 Å². The summed E-state index contributed by atoms with van der Waals surface area (Å²) in [5, 5.41) is 9.18. The first-order chi connectivity index (χ1) is 11.6. The Morgan fingerprint density at radius 1 is 1.04 bits per heavy atom. The van der Waals surface area contributed by atoms with Crippen LogP contribution >= 0.6 is 0 Å². The molecule has 0 spiro atoms. The van der Waals surface area contributed by atoms with E-state index in [4.69, 9.17) is 0 Å². The van der Waals surface area contributed by atoms with E-state index in [1.54, 1.807) is 12.1 Å². The lowest BCUT2D eigenvalue weighted by Gasteiger charge is -2.27. The molecule has 0 saturated carbocycles. The van der Waals surface area contributed by atoms with Gasteiger partial charge in [-0.3, -0.25) is 0 Å². The molecule has 4 rings (SSSR count). The lowest BCUT2D eigenvalue weighted by atomic mass is 10.2. The molecule has 0 atom stereocenters. The number of nitriles is 1. The van der Waals surface area contributed by atoms with Crippen LogP contribution in [-0.4, -0.2) is 28.8 Å². The fourth-order valence-corrected chi connectivity index (χ4v) is 4.60. The van der Waals surface area contributed by atoms with E-state index in [0.717, 1.165) is 16.9 Å². The highest BCUT2D eigenvalue weighted by Gasteiger charge is 2.31. The first-order valence-corrected chi connectivity index (χ1v) is 8.99. The SMILES string of the molecule is N#Cc1ccccc1S(=O)(=O)N1CCn2c(nc3ccccc32)C1. The zero-order valence-corrected chi connectivity index (χ0v) is 13.6. The summed E-state index contributed by atoms with van der Waals surface area (Å²) in [6.07, 6.45) is 0. The number of nitrogens with zero attached hydrogens (tertiary/aromatic N) is 4. The van der Waals surface area contributed by atoms with Gasteiger partial charge in [-0.25, -0.2) is 13.4 Å². The van der Waals surface area contributed by atoms with E-state index >= 15 is 0 Å². The maximum atomic E-state index is 12.9. The van der Waals surface area contributed by atoms with Crippen LogP contribution in [0.1, 0.15) is 11.4 Å². The quantitative estimate of drug-likeness (QED) is 0.717. The molecule has 2 aromatic carbocycles. The number of imidazole rings is 1. The average Bonchev–Trinajstić information content (AvgIpc) is 2.99. The Balaban J connectivity index is 1.75. The molecule has 1 aromatic heterocycles. The normalized spacial score (nSPS) is 15.1. The minimum Gasteiger partial charge on any atom is -0.326 e. The van der Waals surface area contributed by atoms with E-state index in [1.807, 2.05) is 30.3 Å². The Bertz CT molecular complexity index is 1080. The van der Waals surface area contributed by atoms with Crippen LogP contribution in [-0.2, 0) is 23.1 Å². The molecule has 0 aliphatic carbocycles. The van der Waals surface area contributed by atoms with E-state index in [0.29, 0.717) is 13.1 Å². The van der Waals surface area contributed by atoms with Crippen molar-refractivity contribution in [3.8, 4) is 6.07 Å². The Morgan fingerprint density at radius 3 is 2.62 bits per heavy atom. The number of hydrogen-bond donors (Lipinski definition) is 0. The molecule has 6 nitrogen and oxygen atoms in total. The monoisotopic (exact) mass is 338 g/mol. The van der Waals surface area contributed by atoms with Crippen LogP contribution in [0.4, 0.5) is 0 Å². The average molecular weight is 338 g/mol. The Morgan fingerprint density at radius 2 is 1.79 bits per heavy atom. The molecule has 0 N–H and O–H groups in total. The van der Waals surface area contributed by atoms with Gasteiger partial charge in [0.25, 0.3) is 0 Å². The topological polar surface area (TPSA) is 79.0 Å². The molecule has 24 heavy (non-hydrogen) atoms. The number of hydrogen-bond acceptors (Lipinski definition) is 4. The molecular weight excluding hydrogens is 324 g/mol. The summed E-state index contributed by atoms with van der Waals surface area (Å²) < 4.78 is 29.3. The van der Waals surface area contributed by atoms with Crippen molar-refractivity contribution in [3.63, 3.8) is 0 Å². The van der Waals surface area contributed by atoms with Gasteiger partial charge in [-0.05, 0) is 24.3 Å². The van der Waals surface area contributed by atoms with Gasteiger partial charge in [-0.15, -0.1) is 0 Å². The van der Waals surface area contributed by atoms with E-state index in [-0.39, 0.29) is 17.0 Å². The lowest BCUT2D eigenvalue weighted by Crippen LogP contribution is -2.38. The molecule has 0 unspecified atom stereocenters. The van der Waals surface area contributed by atoms with Crippen molar-refractivity contribution in [1.82, 2.24) is 13.9 Å². The number of sulfonamides is 1. The summed E-state index contributed by atoms with van der Waals surface area (Å²) in [5.74, 6) is 0.723. The molecule has 2 heterocycles. The zero-order chi connectivity index (χ0) is 16.7. The molecule has 0 fully saturated rings. The first kappa shape index (κ1) is 14.9. The molecule has 0 bridgehead atoms. The first-order valence-electron chi connectivity index (χ1n) is 7.55. The highest BCUT2D eigenvalue weighted by atomic mass is 32.2. The van der Waals surface area contributed by atoms with Crippen molar-refractivity contribution in [2.45, 2.75) is 18.0 Å². The van der Waals surface area contributed by atoms with Crippen LogP contribution in [0.25, 0.3) is 11.0 Å². The van der Waals surface area contributed by atoms with E-state index in [1.165, 1.54) is 16.4 Å². The molecule has 0 saturated heterocycles. The van der Waals surface area contributed by atoms with Gasteiger partial charge in [0, 0.05) is 13.1 Å². The summed E-state index contributed by atoms with van der Waals surface area (Å²) in [6, 6.07) is 16.0. The van der Waals surface area contributed by atoms with Crippen molar-refractivity contribution < 1.29 is 8.42 Å². The van der Waals surface area contributed by atoms with Gasteiger partial charge in [0.05, 0.1) is 28.0 Å². The third kappa shape index (κ3) is 2.19. The second kappa shape index (κ2) is 5.44. The van der Waals surface area contributed by atoms with Crippen molar-refractivity contribution in [2.24, 2.45) is 0 Å². The number of benzene rings is 2. The summed E-state index contributed by atoms with van der Waals surface area (Å²) >= 11 is 0. The third-order valence-corrected chi connectivity index (χ3v) is 6.15. The summed E-state index contributed by atoms with van der Waals surface area (Å²) in [7, 11) is -3.73. The van der Waals surface area contributed by atoms with E-state index in [9.17, 15) is 13.7 Å². The molecule has 1 aliphatic heterocycles. The molecule has 7 heteroatoms. The van der Waals surface area contributed by atoms with Crippen LogP contribution in [0.5, 0.6) is 0 Å². The van der Waals surface area contributed by atoms with Crippen molar-refractivity contribution >= 4 is 21.1 Å². The van der Waals surface area contributed by atoms with Crippen LogP contribution in [0.3, 0.4) is 0 Å². The van der Waals surface area contributed by atoms with Gasteiger partial charge in [-0.2, -0.15) is 9.57 Å². The second-order valence-electron chi connectivity index (χ2n) is 5.61. The molecule has 0 radical (unpaired) electrons. The second-order valence-corrected chi connectivity index (χ2v) is 7.52. The minimum absolute atomic E-state index is 0.0528. The molecule has 120 valence electrons. The Kier molecular flexibility index (Phi) is 3.37. The predicted octanol–water partition coefficient (Wildman–Crippen LogP) is 2.11. The smallest absolute Gasteiger partial charge is 0.244 e. The van der Waals surface area contributed by atoms with Crippen LogP contribution < -0.4 is 0 Å². The highest BCUT2D eigenvalue weighted by Crippen LogP contribution is 2.26. The molecule has 1 aliphatic rings. The van der Waals surface area contributed by atoms with Gasteiger partial charge < -0.3 is 4.57 Å². The maximum Gasteiger partial charge on any atom is 0.244 e. The minimum atomic E-state index is -3.73. The van der Waals surface area contributed by atoms with Gasteiger partial charge in [0.15, 0.2) is 0 Å². The van der Waals surface area contributed by atoms with Crippen molar-refractivity contribution in [3.05, 3.63) is 59.9 Å². The van der Waals surface area contributed by atoms with E-state index in [2.05, 4.69) is 9.55 Å². The third-order valence-electron chi connectivity index (χ3n) is 4.25. The number of aromatic nitrogens is 2. The Labute approximate surface area is 139 Å². The number of rotatable bonds is 2. The van der Waals surface area contributed by atoms with E-state index < -0.39 is 10.0 Å². The van der Waals surface area contributed by atoms with Crippen LogP contribution in [0, 0.1) is 11.3 Å². The summed E-state index contributed by atoms with van der Waals surface area (Å²) in [5.41, 5.74) is 2.04. The Hall–Kier alpha value is -2.69. The van der Waals surface area contributed by atoms with Gasteiger partial charge in [-0.1, -0.05) is 24.3 Å². The largest absolute Gasteiger partial charge is 0.326 e. The number of fused-ring (bicyclic) bond motifs is 3. The standard InChI is InChI=1S/C17H14N4O2S/c18-11-13-5-1-4-8-16(13)24(22,23)20-9-10-21-15-7-3-2-6-14(15)19-17(21)12-20/h1-8H,9-10,12H2. The maximum absolute atomic E-state index is 12.9. The van der Waals surface area contributed by atoms with Gasteiger partial charge in [0.1, 0.15) is 11.9 Å².